The highest BCUT2D eigenvalue weighted by Gasteiger charge is 2.50. The Hall–Kier alpha value is -3.73. The lowest BCUT2D eigenvalue weighted by atomic mass is 9.92. The minimum Gasteiger partial charge on any atom is -0.384 e. The van der Waals surface area contributed by atoms with E-state index in [-0.39, 0.29) is 30.5 Å². The van der Waals surface area contributed by atoms with Crippen LogP contribution in [0.1, 0.15) is 45.6 Å². The normalized spacial score (nSPS) is 18.0. The second kappa shape index (κ2) is 14.4. The standard InChI is InChI=1S/C32H37N3O6S/c1-21-33-18-28(42-21)31(39)34-25(15-14-22-10-6-4-7-11-22)27(36)17-24(19-40-3)30(38)35-26(29(37)32(2)20-41-32)16-23-12-8-5-9-13-23/h4-13,18,24-26H,14-17,19-20H2,1-3H3,(H,34,39)(H,35,38)/t24-,25-,26-,32+/m0/s1. The molecular weight excluding hydrogens is 554 g/mol. The quantitative estimate of drug-likeness (QED) is 0.244. The van der Waals surface area contributed by atoms with Crippen LogP contribution in [0, 0.1) is 12.8 Å². The molecule has 2 aromatic carbocycles. The molecule has 1 saturated heterocycles. The van der Waals surface area contributed by atoms with Gasteiger partial charge in [-0.3, -0.25) is 19.2 Å². The van der Waals surface area contributed by atoms with E-state index >= 15 is 0 Å². The van der Waals surface area contributed by atoms with Gasteiger partial charge in [0.1, 0.15) is 10.5 Å². The third-order valence-electron chi connectivity index (χ3n) is 7.30. The van der Waals surface area contributed by atoms with E-state index in [2.05, 4.69) is 15.6 Å². The third-order valence-corrected chi connectivity index (χ3v) is 8.22. The molecule has 1 fully saturated rings. The molecule has 10 heteroatoms. The number of benzene rings is 2. The predicted octanol–water partition coefficient (Wildman–Crippen LogP) is 3.49. The lowest BCUT2D eigenvalue weighted by Gasteiger charge is -2.24. The molecule has 2 amide bonds. The van der Waals surface area contributed by atoms with Crippen LogP contribution in [0.15, 0.2) is 66.9 Å². The van der Waals surface area contributed by atoms with Crippen molar-refractivity contribution >= 4 is 34.7 Å². The molecule has 4 atom stereocenters. The van der Waals surface area contributed by atoms with Crippen molar-refractivity contribution in [3.05, 3.63) is 87.9 Å². The van der Waals surface area contributed by atoms with Crippen LogP contribution in [0.2, 0.25) is 0 Å². The van der Waals surface area contributed by atoms with Crippen LogP contribution < -0.4 is 10.6 Å². The summed E-state index contributed by atoms with van der Waals surface area (Å²) in [5.74, 6) is -2.21. The van der Waals surface area contributed by atoms with Crippen LogP contribution in [0.5, 0.6) is 0 Å². The first-order valence-electron chi connectivity index (χ1n) is 14.0. The van der Waals surface area contributed by atoms with Crippen LogP contribution in [-0.4, -0.2) is 66.4 Å². The largest absolute Gasteiger partial charge is 0.384 e. The van der Waals surface area contributed by atoms with Gasteiger partial charge in [-0.15, -0.1) is 11.3 Å². The summed E-state index contributed by atoms with van der Waals surface area (Å²) in [6.07, 6.45) is 2.54. The van der Waals surface area contributed by atoms with Gasteiger partial charge in [0.15, 0.2) is 11.6 Å². The van der Waals surface area contributed by atoms with Gasteiger partial charge < -0.3 is 20.1 Å². The van der Waals surface area contributed by atoms with Crippen molar-refractivity contribution in [2.24, 2.45) is 5.92 Å². The number of carbonyl (C=O) groups excluding carboxylic acids is 4. The van der Waals surface area contributed by atoms with E-state index in [1.54, 1.807) is 13.8 Å². The van der Waals surface area contributed by atoms with E-state index in [1.807, 2.05) is 60.7 Å². The number of ketones is 2. The zero-order chi connectivity index (χ0) is 30.1. The summed E-state index contributed by atoms with van der Waals surface area (Å²) >= 11 is 1.25. The molecular formula is C32H37N3O6S. The lowest BCUT2D eigenvalue weighted by molar-refractivity contribution is -0.135. The topological polar surface area (TPSA) is 127 Å². The van der Waals surface area contributed by atoms with Gasteiger partial charge in [-0.2, -0.15) is 0 Å². The van der Waals surface area contributed by atoms with Crippen molar-refractivity contribution in [1.29, 1.82) is 0 Å². The van der Waals surface area contributed by atoms with E-state index < -0.39 is 29.5 Å². The minimum atomic E-state index is -0.929. The number of carbonyl (C=O) groups is 4. The van der Waals surface area contributed by atoms with Gasteiger partial charge in [0.05, 0.1) is 42.4 Å². The molecule has 222 valence electrons. The van der Waals surface area contributed by atoms with Crippen molar-refractivity contribution in [3.8, 4) is 0 Å². The molecule has 4 rings (SSSR count). The number of nitrogens with one attached hydrogen (secondary N) is 2. The number of aromatic nitrogens is 1. The van der Waals surface area contributed by atoms with E-state index in [1.165, 1.54) is 24.6 Å². The zero-order valence-electron chi connectivity index (χ0n) is 24.1. The summed E-state index contributed by atoms with van der Waals surface area (Å²) in [5, 5.41) is 6.48. The molecule has 0 aliphatic carbocycles. The second-order valence-corrected chi connectivity index (χ2v) is 12.0. The van der Waals surface area contributed by atoms with Gasteiger partial charge in [0.2, 0.25) is 5.91 Å². The fourth-order valence-corrected chi connectivity index (χ4v) is 5.43. The Kier molecular flexibility index (Phi) is 10.7. The Morgan fingerprint density at radius 1 is 1.00 bits per heavy atom. The smallest absolute Gasteiger partial charge is 0.263 e. The number of hydrogen-bond acceptors (Lipinski definition) is 8. The highest BCUT2D eigenvalue weighted by atomic mass is 32.1. The van der Waals surface area contributed by atoms with Crippen molar-refractivity contribution in [2.75, 3.05) is 20.3 Å². The number of ether oxygens (including phenoxy) is 2. The van der Waals surface area contributed by atoms with Crippen LogP contribution in [0.4, 0.5) is 0 Å². The molecule has 1 aliphatic rings. The number of aryl methyl sites for hydroxylation is 2. The maximum atomic E-state index is 13.7. The average molecular weight is 592 g/mol. The number of amides is 2. The summed E-state index contributed by atoms with van der Waals surface area (Å²) in [7, 11) is 1.46. The van der Waals surface area contributed by atoms with Crippen molar-refractivity contribution < 1.29 is 28.7 Å². The SMILES string of the molecule is COC[C@H](CC(=O)[C@H](CCc1ccccc1)NC(=O)c1cnc(C)s1)C(=O)N[C@@H](Cc1ccccc1)C(=O)[C@@]1(C)CO1. The van der Waals surface area contributed by atoms with Gasteiger partial charge in [-0.1, -0.05) is 60.7 Å². The van der Waals surface area contributed by atoms with Crippen LogP contribution in [0.3, 0.4) is 0 Å². The molecule has 1 aromatic heterocycles. The maximum absolute atomic E-state index is 13.7. The van der Waals surface area contributed by atoms with Crippen molar-refractivity contribution in [1.82, 2.24) is 15.6 Å². The molecule has 2 heterocycles. The number of methoxy groups -OCH3 is 1. The number of rotatable bonds is 16. The molecule has 2 N–H and O–H groups in total. The molecule has 9 nitrogen and oxygen atoms in total. The number of nitrogens with zero attached hydrogens (tertiary/aromatic N) is 1. The summed E-state index contributed by atoms with van der Waals surface area (Å²) in [4.78, 5) is 58.0. The third kappa shape index (κ3) is 8.64. The number of Topliss-reactive ketones (excluding diaryl/α,β-unsaturated/α-hetero) is 2. The van der Waals surface area contributed by atoms with Gasteiger partial charge in [0.25, 0.3) is 5.91 Å². The van der Waals surface area contributed by atoms with Crippen LogP contribution in [0.25, 0.3) is 0 Å². The van der Waals surface area contributed by atoms with E-state index in [4.69, 9.17) is 9.47 Å². The summed E-state index contributed by atoms with van der Waals surface area (Å²) in [6.45, 7) is 3.79. The summed E-state index contributed by atoms with van der Waals surface area (Å²) in [6, 6.07) is 17.4. The highest BCUT2D eigenvalue weighted by molar-refractivity contribution is 7.13. The minimum absolute atomic E-state index is 0.0228. The van der Waals surface area contributed by atoms with Crippen molar-refractivity contribution in [3.63, 3.8) is 0 Å². The Balaban J connectivity index is 1.48. The number of epoxide rings is 1. The van der Waals surface area contributed by atoms with E-state index in [0.717, 1.165) is 16.1 Å². The fourth-order valence-electron chi connectivity index (χ4n) is 4.75. The number of thiazole rings is 1. The summed E-state index contributed by atoms with van der Waals surface area (Å²) in [5.41, 5.74) is 0.991. The first-order chi connectivity index (χ1) is 20.2. The predicted molar refractivity (Wildman–Crippen MR) is 159 cm³/mol. The lowest BCUT2D eigenvalue weighted by Crippen LogP contribution is -2.50. The fraction of sp³-hybridized carbons (Fsp3) is 0.406. The molecule has 3 aromatic rings. The monoisotopic (exact) mass is 591 g/mol. The second-order valence-electron chi connectivity index (χ2n) is 10.8. The Morgan fingerprint density at radius 3 is 2.21 bits per heavy atom. The van der Waals surface area contributed by atoms with E-state index in [0.29, 0.717) is 30.7 Å². The Bertz CT molecular complexity index is 1370. The Morgan fingerprint density at radius 2 is 1.64 bits per heavy atom. The Labute approximate surface area is 250 Å². The summed E-state index contributed by atoms with van der Waals surface area (Å²) < 4.78 is 10.7. The van der Waals surface area contributed by atoms with Crippen molar-refractivity contribution in [2.45, 2.75) is 57.2 Å². The van der Waals surface area contributed by atoms with Gasteiger partial charge in [0, 0.05) is 13.5 Å². The van der Waals surface area contributed by atoms with Gasteiger partial charge >= 0.3 is 0 Å². The molecule has 42 heavy (non-hydrogen) atoms. The van der Waals surface area contributed by atoms with Gasteiger partial charge in [-0.05, 0) is 44.2 Å². The molecule has 0 saturated carbocycles. The average Bonchev–Trinajstić information content (AvgIpc) is 3.60. The molecule has 0 unspecified atom stereocenters. The zero-order valence-corrected chi connectivity index (χ0v) is 24.9. The first-order valence-corrected chi connectivity index (χ1v) is 14.8. The first kappa shape index (κ1) is 31.2. The maximum Gasteiger partial charge on any atom is 0.263 e. The van der Waals surface area contributed by atoms with Crippen LogP contribution in [-0.2, 0) is 36.7 Å². The molecule has 0 radical (unpaired) electrons. The molecule has 0 bridgehead atoms. The molecule has 0 spiro atoms. The number of hydrogen-bond donors (Lipinski definition) is 2. The van der Waals surface area contributed by atoms with Gasteiger partial charge in [-0.25, -0.2) is 4.98 Å². The van der Waals surface area contributed by atoms with Crippen LogP contribution >= 0.6 is 11.3 Å². The van der Waals surface area contributed by atoms with E-state index in [9.17, 15) is 19.2 Å². The molecule has 1 aliphatic heterocycles. The highest BCUT2D eigenvalue weighted by Crippen LogP contribution is 2.29.